The van der Waals surface area contributed by atoms with Crippen LogP contribution in [0.1, 0.15) is 34.9 Å². The molecule has 1 atom stereocenters. The van der Waals surface area contributed by atoms with Crippen molar-refractivity contribution in [2.45, 2.75) is 18.9 Å². The van der Waals surface area contributed by atoms with Gasteiger partial charge >= 0.3 is 0 Å². The fraction of sp³-hybridized carbons (Fsp3) is 0.333. The molecule has 0 saturated carbocycles. The molecule has 92 valence electrons. The minimum atomic E-state index is -0.0666. The number of carbonyl (C=O) groups is 1. The van der Waals surface area contributed by atoms with E-state index in [1.165, 1.54) is 6.20 Å². The molecule has 1 saturated heterocycles. The zero-order chi connectivity index (χ0) is 12.4. The standard InChI is InChI=1S/C12H13N5O/c18-12(10-8-14-16-15-10)17-7-1-2-11(17)9-3-5-13-6-4-9/h3-6,8,11H,1-2,7H2,(H,14,15,16). The van der Waals surface area contributed by atoms with Gasteiger partial charge in [0.1, 0.15) is 0 Å². The van der Waals surface area contributed by atoms with Crippen LogP contribution in [0.5, 0.6) is 0 Å². The van der Waals surface area contributed by atoms with E-state index in [0.29, 0.717) is 5.69 Å². The van der Waals surface area contributed by atoms with E-state index in [1.54, 1.807) is 12.4 Å². The molecule has 0 aliphatic carbocycles. The molecule has 3 rings (SSSR count). The van der Waals surface area contributed by atoms with Crippen molar-refractivity contribution in [1.29, 1.82) is 0 Å². The Morgan fingerprint density at radius 3 is 2.94 bits per heavy atom. The topological polar surface area (TPSA) is 74.8 Å². The lowest BCUT2D eigenvalue weighted by Crippen LogP contribution is -2.30. The lowest BCUT2D eigenvalue weighted by atomic mass is 10.1. The van der Waals surface area contributed by atoms with E-state index in [1.807, 2.05) is 17.0 Å². The maximum Gasteiger partial charge on any atom is 0.276 e. The van der Waals surface area contributed by atoms with Gasteiger partial charge in [-0.1, -0.05) is 0 Å². The van der Waals surface area contributed by atoms with Crippen LogP contribution >= 0.6 is 0 Å². The molecular formula is C12H13N5O. The summed E-state index contributed by atoms with van der Waals surface area (Å²) in [5.74, 6) is -0.0666. The highest BCUT2D eigenvalue weighted by molar-refractivity contribution is 5.92. The minimum Gasteiger partial charge on any atom is -0.330 e. The molecule has 2 aromatic heterocycles. The lowest BCUT2D eigenvalue weighted by molar-refractivity contribution is 0.0729. The molecule has 1 aliphatic heterocycles. The van der Waals surface area contributed by atoms with Gasteiger partial charge in [-0.25, -0.2) is 0 Å². The first-order valence-electron chi connectivity index (χ1n) is 5.93. The average Bonchev–Trinajstić information content (AvgIpc) is 3.10. The van der Waals surface area contributed by atoms with E-state index in [4.69, 9.17) is 0 Å². The third-order valence-electron chi connectivity index (χ3n) is 3.24. The zero-order valence-electron chi connectivity index (χ0n) is 9.78. The van der Waals surface area contributed by atoms with Gasteiger partial charge in [-0.3, -0.25) is 9.78 Å². The van der Waals surface area contributed by atoms with Gasteiger partial charge in [0.25, 0.3) is 5.91 Å². The number of carbonyl (C=O) groups excluding carboxylic acids is 1. The van der Waals surface area contributed by atoms with Crippen molar-refractivity contribution in [3.63, 3.8) is 0 Å². The average molecular weight is 243 g/mol. The van der Waals surface area contributed by atoms with E-state index < -0.39 is 0 Å². The fourth-order valence-electron chi connectivity index (χ4n) is 2.39. The fourth-order valence-corrected chi connectivity index (χ4v) is 2.39. The van der Waals surface area contributed by atoms with Crippen LogP contribution in [0.2, 0.25) is 0 Å². The maximum atomic E-state index is 12.3. The largest absolute Gasteiger partial charge is 0.330 e. The normalized spacial score (nSPS) is 19.1. The number of aromatic nitrogens is 4. The van der Waals surface area contributed by atoms with Crippen molar-refractivity contribution >= 4 is 5.91 Å². The number of nitrogens with zero attached hydrogens (tertiary/aromatic N) is 4. The van der Waals surface area contributed by atoms with Crippen LogP contribution in [0.4, 0.5) is 0 Å². The number of hydrogen-bond donors (Lipinski definition) is 1. The summed E-state index contributed by atoms with van der Waals surface area (Å²) in [6.07, 6.45) is 6.97. The van der Waals surface area contributed by atoms with Crippen molar-refractivity contribution in [2.24, 2.45) is 0 Å². The number of pyridine rings is 1. The van der Waals surface area contributed by atoms with Crippen LogP contribution in [0, 0.1) is 0 Å². The van der Waals surface area contributed by atoms with E-state index in [0.717, 1.165) is 24.9 Å². The summed E-state index contributed by atoms with van der Waals surface area (Å²) in [6, 6.07) is 4.04. The third-order valence-corrected chi connectivity index (χ3v) is 3.24. The van der Waals surface area contributed by atoms with Crippen LogP contribution in [-0.4, -0.2) is 37.7 Å². The smallest absolute Gasteiger partial charge is 0.276 e. The molecule has 2 aromatic rings. The zero-order valence-corrected chi connectivity index (χ0v) is 9.78. The molecule has 1 unspecified atom stereocenters. The summed E-state index contributed by atoms with van der Waals surface area (Å²) in [6.45, 7) is 0.763. The first kappa shape index (κ1) is 10.9. The Morgan fingerprint density at radius 1 is 1.39 bits per heavy atom. The Labute approximate surface area is 104 Å². The van der Waals surface area contributed by atoms with Crippen molar-refractivity contribution in [3.05, 3.63) is 42.0 Å². The first-order valence-corrected chi connectivity index (χ1v) is 5.93. The van der Waals surface area contributed by atoms with Gasteiger partial charge in [0.2, 0.25) is 0 Å². The van der Waals surface area contributed by atoms with Gasteiger partial charge in [0, 0.05) is 18.9 Å². The molecule has 0 aromatic carbocycles. The van der Waals surface area contributed by atoms with E-state index in [2.05, 4.69) is 20.4 Å². The summed E-state index contributed by atoms with van der Waals surface area (Å²) in [5.41, 5.74) is 1.50. The molecule has 1 N–H and O–H groups in total. The molecule has 3 heterocycles. The SMILES string of the molecule is O=C(c1cn[nH]n1)N1CCCC1c1ccncc1. The summed E-state index contributed by atoms with van der Waals surface area (Å²) in [7, 11) is 0. The van der Waals surface area contributed by atoms with Gasteiger partial charge in [-0.05, 0) is 30.5 Å². The van der Waals surface area contributed by atoms with Crippen LogP contribution in [0.15, 0.2) is 30.7 Å². The number of hydrogen-bond acceptors (Lipinski definition) is 4. The second-order valence-corrected chi connectivity index (χ2v) is 4.29. The van der Waals surface area contributed by atoms with Crippen LogP contribution in [0.25, 0.3) is 0 Å². The van der Waals surface area contributed by atoms with Crippen LogP contribution in [0.3, 0.4) is 0 Å². The van der Waals surface area contributed by atoms with Gasteiger partial charge in [0.15, 0.2) is 5.69 Å². The first-order chi connectivity index (χ1) is 8.86. The number of amides is 1. The number of aromatic amines is 1. The van der Waals surface area contributed by atoms with Gasteiger partial charge < -0.3 is 4.90 Å². The van der Waals surface area contributed by atoms with E-state index in [-0.39, 0.29) is 11.9 Å². The summed E-state index contributed by atoms with van der Waals surface area (Å²) >= 11 is 0. The molecule has 0 spiro atoms. The van der Waals surface area contributed by atoms with Crippen LogP contribution in [-0.2, 0) is 0 Å². The molecule has 6 heteroatoms. The monoisotopic (exact) mass is 243 g/mol. The third kappa shape index (κ3) is 1.85. The van der Waals surface area contributed by atoms with Crippen molar-refractivity contribution < 1.29 is 4.79 Å². The number of rotatable bonds is 2. The van der Waals surface area contributed by atoms with Crippen molar-refractivity contribution in [1.82, 2.24) is 25.3 Å². The number of likely N-dealkylation sites (tertiary alicyclic amines) is 1. The predicted octanol–water partition coefficient (Wildman–Crippen LogP) is 1.18. The van der Waals surface area contributed by atoms with E-state index >= 15 is 0 Å². The molecule has 0 radical (unpaired) electrons. The molecule has 6 nitrogen and oxygen atoms in total. The quantitative estimate of drug-likeness (QED) is 0.859. The number of H-pyrrole nitrogens is 1. The van der Waals surface area contributed by atoms with Crippen molar-refractivity contribution in [2.75, 3.05) is 6.54 Å². The second kappa shape index (κ2) is 4.56. The Bertz CT molecular complexity index is 525. The Hall–Kier alpha value is -2.24. The van der Waals surface area contributed by atoms with E-state index in [9.17, 15) is 4.79 Å². The van der Waals surface area contributed by atoms with Gasteiger partial charge in [-0.2, -0.15) is 15.4 Å². The second-order valence-electron chi connectivity index (χ2n) is 4.29. The van der Waals surface area contributed by atoms with Crippen LogP contribution < -0.4 is 0 Å². The highest BCUT2D eigenvalue weighted by Gasteiger charge is 2.31. The summed E-state index contributed by atoms with van der Waals surface area (Å²) < 4.78 is 0. The predicted molar refractivity (Wildman–Crippen MR) is 63.6 cm³/mol. The molecule has 1 aliphatic rings. The van der Waals surface area contributed by atoms with Gasteiger partial charge in [0.05, 0.1) is 12.2 Å². The van der Waals surface area contributed by atoms with Crippen molar-refractivity contribution in [3.8, 4) is 0 Å². The highest BCUT2D eigenvalue weighted by atomic mass is 16.2. The minimum absolute atomic E-state index is 0.0666. The number of nitrogens with one attached hydrogen (secondary N) is 1. The Kier molecular flexibility index (Phi) is 2.76. The Morgan fingerprint density at radius 2 is 2.22 bits per heavy atom. The molecular weight excluding hydrogens is 230 g/mol. The maximum absolute atomic E-state index is 12.3. The molecule has 18 heavy (non-hydrogen) atoms. The molecule has 1 fully saturated rings. The van der Waals surface area contributed by atoms with Gasteiger partial charge in [-0.15, -0.1) is 0 Å². The lowest BCUT2D eigenvalue weighted by Gasteiger charge is -2.23. The Balaban J connectivity index is 1.86. The summed E-state index contributed by atoms with van der Waals surface area (Å²) in [5, 5.41) is 10.00. The molecule has 0 bridgehead atoms. The highest BCUT2D eigenvalue weighted by Crippen LogP contribution is 2.32. The summed E-state index contributed by atoms with van der Waals surface area (Å²) in [4.78, 5) is 18.1. The molecule has 1 amide bonds.